The fourth-order valence-corrected chi connectivity index (χ4v) is 5.79. The van der Waals surface area contributed by atoms with Crippen LogP contribution in [0, 0.1) is 17.8 Å². The molecule has 0 heterocycles. The van der Waals surface area contributed by atoms with E-state index >= 15 is 0 Å². The summed E-state index contributed by atoms with van der Waals surface area (Å²) in [5.74, 6) is 2.73. The van der Waals surface area contributed by atoms with E-state index in [2.05, 4.69) is 32.6 Å². The summed E-state index contributed by atoms with van der Waals surface area (Å²) in [4.78, 5) is 2.35. The molecule has 1 atom stereocenters. The molecular weight excluding hydrogens is 274 g/mol. The van der Waals surface area contributed by atoms with E-state index in [0.717, 1.165) is 24.3 Å². The minimum absolute atomic E-state index is 0.121. The van der Waals surface area contributed by atoms with Crippen molar-refractivity contribution in [3.05, 3.63) is 0 Å². The van der Waals surface area contributed by atoms with E-state index < -0.39 is 0 Å². The van der Waals surface area contributed by atoms with Crippen LogP contribution < -0.4 is 0 Å². The highest BCUT2D eigenvalue weighted by atomic mass is 16.5. The third kappa shape index (κ3) is 3.52. The number of aliphatic hydroxyl groups excluding tert-OH is 1. The molecule has 0 aromatic rings. The zero-order valence-electron chi connectivity index (χ0n) is 14.9. The largest absolute Gasteiger partial charge is 0.389 e. The first-order valence-electron chi connectivity index (χ1n) is 9.44. The van der Waals surface area contributed by atoms with Gasteiger partial charge in [0.05, 0.1) is 18.3 Å². The van der Waals surface area contributed by atoms with Gasteiger partial charge in [0.1, 0.15) is 0 Å². The minimum Gasteiger partial charge on any atom is -0.389 e. The normalized spacial score (nSPS) is 38.5. The molecule has 1 unspecified atom stereocenters. The van der Waals surface area contributed by atoms with Crippen molar-refractivity contribution in [1.29, 1.82) is 0 Å². The lowest BCUT2D eigenvalue weighted by molar-refractivity contribution is -0.176. The van der Waals surface area contributed by atoms with E-state index in [1.807, 2.05) is 0 Å². The fraction of sp³-hybridized carbons (Fsp3) is 1.00. The van der Waals surface area contributed by atoms with Gasteiger partial charge >= 0.3 is 0 Å². The van der Waals surface area contributed by atoms with E-state index in [0.29, 0.717) is 18.7 Å². The van der Waals surface area contributed by atoms with Crippen molar-refractivity contribution < 1.29 is 9.84 Å². The van der Waals surface area contributed by atoms with Crippen LogP contribution in [0.15, 0.2) is 0 Å². The number of rotatable bonds is 7. The summed E-state index contributed by atoms with van der Waals surface area (Å²) in [7, 11) is 0. The van der Waals surface area contributed by atoms with E-state index in [4.69, 9.17) is 4.74 Å². The Labute approximate surface area is 136 Å². The molecule has 0 saturated heterocycles. The van der Waals surface area contributed by atoms with Gasteiger partial charge in [-0.3, -0.25) is 4.90 Å². The highest BCUT2D eigenvalue weighted by Gasteiger charge is 2.51. The summed E-state index contributed by atoms with van der Waals surface area (Å²) in [5, 5.41) is 10.5. The van der Waals surface area contributed by atoms with Crippen molar-refractivity contribution in [2.24, 2.45) is 17.8 Å². The van der Waals surface area contributed by atoms with Gasteiger partial charge in [0.15, 0.2) is 0 Å². The number of aliphatic hydroxyl groups is 1. The predicted molar refractivity (Wildman–Crippen MR) is 89.8 cm³/mol. The molecule has 0 aliphatic heterocycles. The van der Waals surface area contributed by atoms with Crippen molar-refractivity contribution in [2.45, 2.75) is 90.0 Å². The molecule has 4 saturated carbocycles. The summed E-state index contributed by atoms with van der Waals surface area (Å²) in [6.45, 7) is 10.0. The lowest BCUT2D eigenvalue weighted by Gasteiger charge is -2.56. The Bertz CT molecular complexity index is 336. The van der Waals surface area contributed by atoms with Crippen molar-refractivity contribution in [2.75, 3.05) is 13.2 Å². The lowest BCUT2D eigenvalue weighted by atomic mass is 9.54. The Balaban J connectivity index is 1.52. The average Bonchev–Trinajstić information content (AvgIpc) is 2.40. The molecule has 4 bridgehead atoms. The van der Waals surface area contributed by atoms with Crippen LogP contribution in [-0.4, -0.2) is 46.9 Å². The molecule has 3 heteroatoms. The maximum Gasteiger partial charge on any atom is 0.0900 e. The van der Waals surface area contributed by atoms with Crippen LogP contribution in [0.2, 0.25) is 0 Å². The molecule has 4 fully saturated rings. The van der Waals surface area contributed by atoms with Crippen LogP contribution in [0.3, 0.4) is 0 Å². The third-order valence-corrected chi connectivity index (χ3v) is 6.31. The van der Waals surface area contributed by atoms with Gasteiger partial charge in [0.2, 0.25) is 0 Å². The van der Waals surface area contributed by atoms with E-state index in [9.17, 15) is 5.11 Å². The first-order valence-corrected chi connectivity index (χ1v) is 9.44. The Morgan fingerprint density at radius 1 is 0.955 bits per heavy atom. The van der Waals surface area contributed by atoms with E-state index in [1.165, 1.54) is 38.5 Å². The zero-order chi connectivity index (χ0) is 15.9. The van der Waals surface area contributed by atoms with Gasteiger partial charge in [-0.1, -0.05) is 0 Å². The van der Waals surface area contributed by atoms with Gasteiger partial charge < -0.3 is 9.84 Å². The molecule has 128 valence electrons. The topological polar surface area (TPSA) is 32.7 Å². The number of ether oxygens (including phenoxy) is 1. The molecule has 4 aliphatic rings. The molecule has 3 nitrogen and oxygen atoms in total. The molecule has 0 aromatic carbocycles. The number of nitrogens with zero attached hydrogens (tertiary/aromatic N) is 1. The first kappa shape index (κ1) is 16.7. The quantitative estimate of drug-likeness (QED) is 0.782. The molecule has 4 rings (SSSR count). The Kier molecular flexibility index (Phi) is 4.87. The molecule has 0 radical (unpaired) electrons. The van der Waals surface area contributed by atoms with Crippen LogP contribution >= 0.6 is 0 Å². The maximum atomic E-state index is 10.5. The van der Waals surface area contributed by atoms with Crippen molar-refractivity contribution in [3.8, 4) is 0 Å². The second-order valence-corrected chi connectivity index (χ2v) is 8.95. The second kappa shape index (κ2) is 6.41. The molecule has 22 heavy (non-hydrogen) atoms. The van der Waals surface area contributed by atoms with E-state index in [1.54, 1.807) is 0 Å². The highest BCUT2D eigenvalue weighted by Crippen LogP contribution is 2.57. The third-order valence-electron chi connectivity index (χ3n) is 6.31. The Hall–Kier alpha value is -0.120. The predicted octanol–water partition coefficient (Wildman–Crippen LogP) is 3.45. The first-order chi connectivity index (χ1) is 10.4. The van der Waals surface area contributed by atoms with Crippen LogP contribution in [0.25, 0.3) is 0 Å². The lowest BCUT2D eigenvalue weighted by Crippen LogP contribution is -2.53. The molecule has 1 N–H and O–H groups in total. The summed E-state index contributed by atoms with van der Waals surface area (Å²) in [5.41, 5.74) is 0.121. The zero-order valence-corrected chi connectivity index (χ0v) is 14.9. The highest BCUT2D eigenvalue weighted by molar-refractivity contribution is 5.03. The van der Waals surface area contributed by atoms with Crippen molar-refractivity contribution >= 4 is 0 Å². The Morgan fingerprint density at radius 2 is 1.41 bits per heavy atom. The van der Waals surface area contributed by atoms with Crippen LogP contribution in [0.1, 0.15) is 66.2 Å². The second-order valence-electron chi connectivity index (χ2n) is 8.95. The maximum absolute atomic E-state index is 10.5. The molecule has 0 spiro atoms. The molecule has 0 aromatic heterocycles. The van der Waals surface area contributed by atoms with Crippen LogP contribution in [0.4, 0.5) is 0 Å². The summed E-state index contributed by atoms with van der Waals surface area (Å²) >= 11 is 0. The van der Waals surface area contributed by atoms with Gasteiger partial charge in [-0.25, -0.2) is 0 Å². The van der Waals surface area contributed by atoms with Crippen LogP contribution in [-0.2, 0) is 4.74 Å². The van der Waals surface area contributed by atoms with Gasteiger partial charge in [-0.05, 0) is 84.0 Å². The van der Waals surface area contributed by atoms with Gasteiger partial charge in [-0.2, -0.15) is 0 Å². The van der Waals surface area contributed by atoms with E-state index in [-0.39, 0.29) is 11.7 Å². The SMILES string of the molecule is CC(C)N(CC(O)COC12CC3CC(CC(C3)C1)C2)C(C)C. The number of hydrogen-bond donors (Lipinski definition) is 1. The molecular formula is C19H35NO2. The van der Waals surface area contributed by atoms with Crippen molar-refractivity contribution in [3.63, 3.8) is 0 Å². The molecule has 4 aliphatic carbocycles. The summed E-state index contributed by atoms with van der Waals surface area (Å²) in [6.07, 6.45) is 7.73. The van der Waals surface area contributed by atoms with Gasteiger partial charge in [0.25, 0.3) is 0 Å². The van der Waals surface area contributed by atoms with Gasteiger partial charge in [-0.15, -0.1) is 0 Å². The summed E-state index contributed by atoms with van der Waals surface area (Å²) < 4.78 is 6.39. The summed E-state index contributed by atoms with van der Waals surface area (Å²) in [6, 6.07) is 0.934. The van der Waals surface area contributed by atoms with Gasteiger partial charge in [0, 0.05) is 18.6 Å². The van der Waals surface area contributed by atoms with Crippen molar-refractivity contribution in [1.82, 2.24) is 4.90 Å². The standard InChI is InChI=1S/C19H35NO2/c1-13(2)20(14(3)4)11-18(21)12-22-19-8-15-5-16(9-19)7-17(6-15)10-19/h13-18,21H,5-12H2,1-4H3. The Morgan fingerprint density at radius 3 is 1.82 bits per heavy atom. The fourth-order valence-electron chi connectivity index (χ4n) is 5.79. The minimum atomic E-state index is -0.363. The average molecular weight is 309 g/mol. The smallest absolute Gasteiger partial charge is 0.0900 e. The molecule has 0 amide bonds. The number of hydrogen-bond acceptors (Lipinski definition) is 3. The van der Waals surface area contributed by atoms with Crippen LogP contribution in [0.5, 0.6) is 0 Å². The monoisotopic (exact) mass is 309 g/mol.